The topological polar surface area (TPSA) is 99.6 Å². The van der Waals surface area contributed by atoms with Crippen molar-refractivity contribution in [3.05, 3.63) is 80.8 Å². The van der Waals surface area contributed by atoms with Gasteiger partial charge in [-0.15, -0.1) is 11.3 Å². The van der Waals surface area contributed by atoms with Gasteiger partial charge in [-0.1, -0.05) is 41.9 Å². The first kappa shape index (κ1) is 21.4. The minimum Gasteiger partial charge on any atom is -0.504 e. The third-order valence-electron chi connectivity index (χ3n) is 4.89. The molecule has 0 saturated heterocycles. The van der Waals surface area contributed by atoms with E-state index in [2.05, 4.69) is 10.3 Å². The van der Waals surface area contributed by atoms with Crippen molar-refractivity contribution in [1.82, 2.24) is 9.29 Å². The lowest BCUT2D eigenvalue weighted by molar-refractivity contribution is -0.113. The standard InChI is InChI=1S/C21H18ClN3O4S2/c1-25-18(19(26)20-15(31(25,28)29)12-16(22)30-20)21(27)24-17-11-14(9-10-23-17)8-7-13-5-3-2-4-6-13/h2-6,9-12,26H,7-8H2,1H3,(H,23,24,27). The average Bonchev–Trinajstić information content (AvgIpc) is 3.15. The van der Waals surface area contributed by atoms with Crippen LogP contribution in [0.2, 0.25) is 4.34 Å². The molecular weight excluding hydrogens is 458 g/mol. The minimum absolute atomic E-state index is 0.0396. The number of nitrogens with zero attached hydrogens (tertiary/aromatic N) is 2. The molecule has 160 valence electrons. The number of aromatic nitrogens is 1. The first-order valence-corrected chi connectivity index (χ1v) is 11.9. The molecule has 1 aliphatic heterocycles. The van der Waals surface area contributed by atoms with Gasteiger partial charge in [-0.3, -0.25) is 9.10 Å². The number of carbonyl (C=O) groups is 1. The SMILES string of the molecule is CN1C(C(=O)Nc2cc(CCc3ccccc3)ccn2)=C(O)c2sc(Cl)cc2S1(=O)=O. The van der Waals surface area contributed by atoms with Gasteiger partial charge in [0.2, 0.25) is 0 Å². The van der Waals surface area contributed by atoms with Gasteiger partial charge in [0, 0.05) is 13.2 Å². The quantitative estimate of drug-likeness (QED) is 0.579. The molecule has 2 N–H and O–H groups in total. The van der Waals surface area contributed by atoms with Crippen molar-refractivity contribution in [2.75, 3.05) is 12.4 Å². The third kappa shape index (κ3) is 4.16. The molecule has 1 aliphatic rings. The largest absolute Gasteiger partial charge is 0.504 e. The number of benzene rings is 1. The van der Waals surface area contributed by atoms with E-state index < -0.39 is 21.7 Å². The van der Waals surface area contributed by atoms with Crippen LogP contribution in [-0.2, 0) is 27.7 Å². The number of thiophene rings is 1. The summed E-state index contributed by atoms with van der Waals surface area (Å²) in [7, 11) is -2.80. The number of hydrogen-bond acceptors (Lipinski definition) is 6. The summed E-state index contributed by atoms with van der Waals surface area (Å²) in [5, 5.41) is 13.2. The number of halogens is 1. The van der Waals surface area contributed by atoms with Gasteiger partial charge in [0.25, 0.3) is 15.9 Å². The number of pyridine rings is 1. The molecule has 31 heavy (non-hydrogen) atoms. The maximum absolute atomic E-state index is 12.9. The van der Waals surface area contributed by atoms with Crippen LogP contribution in [0.5, 0.6) is 0 Å². The van der Waals surface area contributed by atoms with E-state index in [0.717, 1.165) is 34.0 Å². The van der Waals surface area contributed by atoms with E-state index in [9.17, 15) is 18.3 Å². The molecule has 0 spiro atoms. The Hall–Kier alpha value is -2.88. The highest BCUT2D eigenvalue weighted by Crippen LogP contribution is 2.41. The predicted octanol–water partition coefficient (Wildman–Crippen LogP) is 4.08. The van der Waals surface area contributed by atoms with E-state index in [1.165, 1.54) is 18.7 Å². The number of aryl methyl sites for hydroxylation is 2. The zero-order chi connectivity index (χ0) is 22.2. The first-order valence-electron chi connectivity index (χ1n) is 9.29. The van der Waals surface area contributed by atoms with E-state index in [1.807, 2.05) is 36.4 Å². The third-order valence-corrected chi connectivity index (χ3v) is 8.07. The number of fused-ring (bicyclic) bond motifs is 1. The molecule has 0 saturated carbocycles. The van der Waals surface area contributed by atoms with Gasteiger partial charge < -0.3 is 10.4 Å². The Morgan fingerprint density at radius 1 is 1.16 bits per heavy atom. The molecule has 2 aromatic heterocycles. The Labute approximate surface area is 188 Å². The van der Waals surface area contributed by atoms with Gasteiger partial charge in [-0.25, -0.2) is 13.4 Å². The lowest BCUT2D eigenvalue weighted by Crippen LogP contribution is -2.36. The van der Waals surface area contributed by atoms with Crippen LogP contribution in [0.15, 0.2) is 65.3 Å². The fraction of sp³-hybridized carbons (Fsp3) is 0.143. The van der Waals surface area contributed by atoms with E-state index in [1.54, 1.807) is 12.3 Å². The number of rotatable bonds is 5. The number of sulfonamides is 1. The Kier molecular flexibility index (Phi) is 5.74. The van der Waals surface area contributed by atoms with E-state index in [0.29, 0.717) is 0 Å². The van der Waals surface area contributed by atoms with Gasteiger partial charge in [0.05, 0.1) is 9.21 Å². The number of aliphatic hydroxyl groups excluding tert-OH is 1. The maximum Gasteiger partial charge on any atom is 0.278 e. The molecule has 4 rings (SSSR count). The van der Waals surface area contributed by atoms with Crippen LogP contribution in [0.25, 0.3) is 5.76 Å². The first-order chi connectivity index (χ1) is 14.8. The molecular formula is C21H18ClN3O4S2. The fourth-order valence-electron chi connectivity index (χ4n) is 3.28. The van der Waals surface area contributed by atoms with Crippen LogP contribution in [-0.4, -0.2) is 35.8 Å². The normalized spacial score (nSPS) is 15.0. The molecule has 1 aromatic carbocycles. The van der Waals surface area contributed by atoms with Crippen molar-refractivity contribution in [1.29, 1.82) is 0 Å². The van der Waals surface area contributed by atoms with Crippen molar-refractivity contribution in [2.45, 2.75) is 17.7 Å². The molecule has 3 aromatic rings. The smallest absolute Gasteiger partial charge is 0.278 e. The van der Waals surface area contributed by atoms with Crippen molar-refractivity contribution < 1.29 is 18.3 Å². The van der Waals surface area contributed by atoms with Crippen LogP contribution >= 0.6 is 22.9 Å². The van der Waals surface area contributed by atoms with Gasteiger partial charge in [0.1, 0.15) is 10.7 Å². The second-order valence-electron chi connectivity index (χ2n) is 6.90. The molecule has 0 bridgehead atoms. The Morgan fingerprint density at radius 2 is 1.87 bits per heavy atom. The summed E-state index contributed by atoms with van der Waals surface area (Å²) in [5.74, 6) is -0.968. The van der Waals surface area contributed by atoms with Crippen LogP contribution < -0.4 is 5.32 Å². The number of aliphatic hydroxyl groups is 1. The molecule has 3 heterocycles. The summed E-state index contributed by atoms with van der Waals surface area (Å²) < 4.78 is 26.4. The second-order valence-corrected chi connectivity index (χ2v) is 10.5. The summed E-state index contributed by atoms with van der Waals surface area (Å²) >= 11 is 6.82. The minimum atomic E-state index is -4.01. The molecule has 0 atom stereocenters. The molecule has 0 radical (unpaired) electrons. The highest BCUT2D eigenvalue weighted by atomic mass is 35.5. The summed E-state index contributed by atoms with van der Waals surface area (Å²) in [5.41, 5.74) is 1.77. The molecule has 0 unspecified atom stereocenters. The van der Waals surface area contributed by atoms with Crippen molar-refractivity contribution in [3.8, 4) is 0 Å². The molecule has 0 aliphatic carbocycles. The fourth-order valence-corrected chi connectivity index (χ4v) is 6.23. The lowest BCUT2D eigenvalue weighted by atomic mass is 10.1. The number of likely N-dealkylation sites (N-methyl/N-ethyl adjacent to an activating group) is 1. The van der Waals surface area contributed by atoms with Crippen LogP contribution in [0.1, 0.15) is 16.0 Å². The zero-order valence-corrected chi connectivity index (χ0v) is 18.8. The van der Waals surface area contributed by atoms with Gasteiger partial charge >= 0.3 is 0 Å². The summed E-state index contributed by atoms with van der Waals surface area (Å²) in [6.45, 7) is 0. The average molecular weight is 476 g/mol. The summed E-state index contributed by atoms with van der Waals surface area (Å²) in [6.07, 6.45) is 3.14. The zero-order valence-electron chi connectivity index (χ0n) is 16.4. The molecule has 0 fully saturated rings. The monoisotopic (exact) mass is 475 g/mol. The molecule has 10 heteroatoms. The Bertz CT molecular complexity index is 1290. The molecule has 7 nitrogen and oxygen atoms in total. The summed E-state index contributed by atoms with van der Waals surface area (Å²) in [4.78, 5) is 16.9. The van der Waals surface area contributed by atoms with E-state index in [4.69, 9.17) is 11.6 Å². The number of carbonyl (C=O) groups excluding carboxylic acids is 1. The van der Waals surface area contributed by atoms with Crippen LogP contribution in [0.4, 0.5) is 5.82 Å². The highest BCUT2D eigenvalue weighted by molar-refractivity contribution is 7.89. The number of anilines is 1. The second kappa shape index (κ2) is 8.33. The van der Waals surface area contributed by atoms with Gasteiger partial charge in [-0.2, -0.15) is 0 Å². The van der Waals surface area contributed by atoms with Crippen LogP contribution in [0, 0.1) is 0 Å². The maximum atomic E-state index is 12.9. The number of hydrogen-bond donors (Lipinski definition) is 2. The van der Waals surface area contributed by atoms with Gasteiger partial charge in [0.15, 0.2) is 11.5 Å². The number of amides is 1. The van der Waals surface area contributed by atoms with Crippen molar-refractivity contribution >= 4 is 50.4 Å². The van der Waals surface area contributed by atoms with Gasteiger partial charge in [-0.05, 0) is 42.2 Å². The summed E-state index contributed by atoms with van der Waals surface area (Å²) in [6, 6.07) is 14.9. The predicted molar refractivity (Wildman–Crippen MR) is 121 cm³/mol. The Balaban J connectivity index is 1.57. The lowest BCUT2D eigenvalue weighted by Gasteiger charge is -2.26. The van der Waals surface area contributed by atoms with E-state index >= 15 is 0 Å². The molecule has 1 amide bonds. The van der Waals surface area contributed by atoms with Crippen molar-refractivity contribution in [2.24, 2.45) is 0 Å². The Morgan fingerprint density at radius 3 is 2.61 bits per heavy atom. The van der Waals surface area contributed by atoms with Crippen molar-refractivity contribution in [3.63, 3.8) is 0 Å². The van der Waals surface area contributed by atoms with Crippen LogP contribution in [0.3, 0.4) is 0 Å². The number of nitrogens with one attached hydrogen (secondary N) is 1. The highest BCUT2D eigenvalue weighted by Gasteiger charge is 2.39. The van der Waals surface area contributed by atoms with E-state index in [-0.39, 0.29) is 25.6 Å².